The van der Waals surface area contributed by atoms with Crippen molar-refractivity contribution < 1.29 is 24.5 Å². The first-order valence-electron chi connectivity index (χ1n) is 8.41. The summed E-state index contributed by atoms with van der Waals surface area (Å²) in [5, 5.41) is 19.8. The molecule has 3 N–H and O–H groups in total. The minimum Gasteiger partial charge on any atom is -0.481 e. The number of aliphatic carboxylic acids is 1. The number of aromatic amines is 1. The van der Waals surface area contributed by atoms with Crippen LogP contribution in [-0.2, 0) is 21.6 Å². The number of ether oxygens (including phenoxy) is 1. The second kappa shape index (κ2) is 6.51. The van der Waals surface area contributed by atoms with Gasteiger partial charge in [-0.2, -0.15) is 0 Å². The van der Waals surface area contributed by atoms with Gasteiger partial charge in [0.2, 0.25) is 0 Å². The Balaban J connectivity index is 1.96. The fraction of sp³-hybridized carbons (Fsp3) is 0.200. The minimum absolute atomic E-state index is 0.139. The molecule has 27 heavy (non-hydrogen) atoms. The molecule has 0 spiro atoms. The van der Waals surface area contributed by atoms with Crippen LogP contribution in [0.1, 0.15) is 33.6 Å². The maximum absolute atomic E-state index is 11.7. The maximum atomic E-state index is 11.7. The van der Waals surface area contributed by atoms with Crippen molar-refractivity contribution in [1.82, 2.24) is 4.98 Å². The molecular weight excluding hydrogens is 414 g/mol. The number of hydrogen-bond donors (Lipinski definition) is 3. The zero-order chi connectivity index (χ0) is 19.2. The van der Waals surface area contributed by atoms with Gasteiger partial charge in [-0.25, -0.2) is 4.79 Å². The van der Waals surface area contributed by atoms with E-state index >= 15 is 0 Å². The number of carbonyl (C=O) groups is 2. The van der Waals surface area contributed by atoms with Gasteiger partial charge in [-0.3, -0.25) is 4.79 Å². The van der Waals surface area contributed by atoms with Gasteiger partial charge in [0.25, 0.3) is 0 Å². The Morgan fingerprint density at radius 2 is 1.89 bits per heavy atom. The van der Waals surface area contributed by atoms with Gasteiger partial charge in [0.1, 0.15) is 5.60 Å². The van der Waals surface area contributed by atoms with Crippen LogP contribution in [0.3, 0.4) is 0 Å². The lowest BCUT2D eigenvalue weighted by Gasteiger charge is -2.37. The van der Waals surface area contributed by atoms with Crippen LogP contribution in [0, 0.1) is 0 Å². The van der Waals surface area contributed by atoms with Gasteiger partial charge in [-0.15, -0.1) is 0 Å². The Hall–Kier alpha value is -2.64. The van der Waals surface area contributed by atoms with E-state index in [-0.39, 0.29) is 12.0 Å². The van der Waals surface area contributed by atoms with Gasteiger partial charge in [-0.1, -0.05) is 24.3 Å². The smallest absolute Gasteiger partial charge is 0.335 e. The fourth-order valence-electron chi connectivity index (χ4n) is 3.81. The summed E-state index contributed by atoms with van der Waals surface area (Å²) in [4.78, 5) is 26.2. The van der Waals surface area contributed by atoms with E-state index in [1.54, 1.807) is 12.1 Å². The molecule has 2 aromatic carbocycles. The number of para-hydroxylation sites is 1. The molecule has 2 heterocycles. The molecule has 0 radical (unpaired) electrons. The first-order chi connectivity index (χ1) is 12.9. The van der Waals surface area contributed by atoms with Gasteiger partial charge in [-0.05, 0) is 51.7 Å². The summed E-state index contributed by atoms with van der Waals surface area (Å²) in [7, 11) is 0. The van der Waals surface area contributed by atoms with Crippen LogP contribution in [0.5, 0.6) is 0 Å². The van der Waals surface area contributed by atoms with Gasteiger partial charge < -0.3 is 19.9 Å². The highest BCUT2D eigenvalue weighted by Gasteiger charge is 2.44. The fourth-order valence-corrected chi connectivity index (χ4v) is 4.27. The maximum Gasteiger partial charge on any atom is 0.335 e. The molecule has 1 atom stereocenters. The lowest BCUT2D eigenvalue weighted by Crippen LogP contribution is -2.39. The average Bonchev–Trinajstić information content (AvgIpc) is 3.03. The third kappa shape index (κ3) is 2.83. The number of nitrogens with one attached hydrogen (secondary N) is 1. The van der Waals surface area contributed by atoms with Crippen molar-refractivity contribution in [3.63, 3.8) is 0 Å². The van der Waals surface area contributed by atoms with Crippen molar-refractivity contribution in [2.24, 2.45) is 0 Å². The molecule has 3 aromatic rings. The molecule has 1 aliphatic rings. The number of carboxylic acids is 2. The quantitative estimate of drug-likeness (QED) is 0.583. The molecule has 138 valence electrons. The zero-order valence-electron chi connectivity index (χ0n) is 14.2. The number of aromatic carboxylic acids is 1. The number of rotatable bonds is 4. The van der Waals surface area contributed by atoms with E-state index in [2.05, 4.69) is 20.9 Å². The van der Waals surface area contributed by atoms with E-state index in [1.807, 2.05) is 18.2 Å². The van der Waals surface area contributed by atoms with Gasteiger partial charge in [0.15, 0.2) is 0 Å². The largest absolute Gasteiger partial charge is 0.481 e. The number of carboxylic acid groups (broad SMARTS) is 2. The van der Waals surface area contributed by atoms with Crippen molar-refractivity contribution in [1.29, 1.82) is 0 Å². The molecule has 1 unspecified atom stereocenters. The van der Waals surface area contributed by atoms with E-state index in [0.717, 1.165) is 20.9 Å². The highest BCUT2D eigenvalue weighted by atomic mass is 79.9. The van der Waals surface area contributed by atoms with Crippen LogP contribution in [0.4, 0.5) is 0 Å². The van der Waals surface area contributed by atoms with Gasteiger partial charge >= 0.3 is 11.9 Å². The summed E-state index contributed by atoms with van der Waals surface area (Å²) >= 11 is 3.54. The number of hydrogen-bond acceptors (Lipinski definition) is 3. The topological polar surface area (TPSA) is 99.6 Å². The Morgan fingerprint density at radius 1 is 1.15 bits per heavy atom. The number of benzene rings is 2. The Kier molecular flexibility index (Phi) is 4.28. The zero-order valence-corrected chi connectivity index (χ0v) is 15.7. The molecule has 1 aromatic heterocycles. The van der Waals surface area contributed by atoms with Crippen LogP contribution >= 0.6 is 15.9 Å². The molecular formula is C20H16BrNO5. The van der Waals surface area contributed by atoms with E-state index in [0.29, 0.717) is 24.3 Å². The number of H-pyrrole nitrogens is 1. The summed E-state index contributed by atoms with van der Waals surface area (Å²) in [6.45, 7) is 0.375. The van der Waals surface area contributed by atoms with Crippen molar-refractivity contribution in [2.75, 3.05) is 6.61 Å². The summed E-state index contributed by atoms with van der Waals surface area (Å²) in [5.74, 6) is -2.03. The van der Waals surface area contributed by atoms with Gasteiger partial charge in [0, 0.05) is 9.86 Å². The van der Waals surface area contributed by atoms with Crippen molar-refractivity contribution in [2.45, 2.75) is 18.4 Å². The van der Waals surface area contributed by atoms with Crippen LogP contribution < -0.4 is 0 Å². The minimum atomic E-state index is -1.20. The Morgan fingerprint density at radius 3 is 2.56 bits per heavy atom. The highest BCUT2D eigenvalue weighted by molar-refractivity contribution is 9.10. The van der Waals surface area contributed by atoms with E-state index in [4.69, 9.17) is 9.84 Å². The first-order valence-corrected chi connectivity index (χ1v) is 9.21. The van der Waals surface area contributed by atoms with E-state index < -0.39 is 17.5 Å². The standard InChI is InChI=1S/C20H16BrNO5/c21-15-3-1-2-13-14-8-9-27-20(10-16(23)24,18(14)22-17(13)15)12-6-4-11(5-7-12)19(25)26/h1-7,22H,8-10H2,(H,23,24)(H,25,26). The van der Waals surface area contributed by atoms with Crippen LogP contribution in [0.15, 0.2) is 46.9 Å². The molecule has 0 aliphatic carbocycles. The summed E-state index contributed by atoms with van der Waals surface area (Å²) < 4.78 is 6.97. The number of fused-ring (bicyclic) bond motifs is 3. The summed E-state index contributed by atoms with van der Waals surface area (Å²) in [5.41, 5.74) is 2.18. The molecule has 1 aliphatic heterocycles. The lowest BCUT2D eigenvalue weighted by molar-refractivity contribution is -0.144. The molecule has 7 heteroatoms. The number of aromatic nitrogens is 1. The number of halogens is 1. The van der Waals surface area contributed by atoms with Crippen molar-refractivity contribution in [3.05, 3.63) is 69.3 Å². The normalized spacial score (nSPS) is 19.0. The van der Waals surface area contributed by atoms with Crippen molar-refractivity contribution in [3.8, 4) is 0 Å². The van der Waals surface area contributed by atoms with Crippen LogP contribution in [0.2, 0.25) is 0 Å². The molecule has 4 rings (SSSR count). The van der Waals surface area contributed by atoms with E-state index in [1.165, 1.54) is 12.1 Å². The molecule has 6 nitrogen and oxygen atoms in total. The highest BCUT2D eigenvalue weighted by Crippen LogP contribution is 2.44. The molecule has 0 bridgehead atoms. The third-order valence-corrected chi connectivity index (χ3v) is 5.65. The van der Waals surface area contributed by atoms with Crippen LogP contribution in [0.25, 0.3) is 10.9 Å². The summed E-state index contributed by atoms with van der Waals surface area (Å²) in [6.07, 6.45) is 0.400. The molecule has 0 fully saturated rings. The predicted octanol–water partition coefficient (Wildman–Crippen LogP) is 3.92. The first kappa shape index (κ1) is 17.8. The average molecular weight is 430 g/mol. The third-order valence-electron chi connectivity index (χ3n) is 4.99. The lowest BCUT2D eigenvalue weighted by atomic mass is 9.82. The summed E-state index contributed by atoms with van der Waals surface area (Å²) in [6, 6.07) is 12.1. The molecule has 0 saturated carbocycles. The Labute approximate surface area is 162 Å². The second-order valence-corrected chi connectivity index (χ2v) is 7.37. The Bertz CT molecular complexity index is 1060. The second-order valence-electron chi connectivity index (χ2n) is 6.52. The molecule has 0 saturated heterocycles. The van der Waals surface area contributed by atoms with Gasteiger partial charge in [0.05, 0.1) is 29.8 Å². The van der Waals surface area contributed by atoms with Crippen molar-refractivity contribution >= 4 is 38.8 Å². The monoisotopic (exact) mass is 429 g/mol. The predicted molar refractivity (Wildman–Crippen MR) is 102 cm³/mol. The SMILES string of the molecule is O=C(O)CC1(c2ccc(C(=O)O)cc2)OCCc2c1[nH]c1c(Br)cccc21. The van der Waals surface area contributed by atoms with Crippen LogP contribution in [-0.4, -0.2) is 33.7 Å². The van der Waals surface area contributed by atoms with E-state index in [9.17, 15) is 14.7 Å². The molecule has 0 amide bonds.